The summed E-state index contributed by atoms with van der Waals surface area (Å²) in [6, 6.07) is 10.5. The quantitative estimate of drug-likeness (QED) is 0.549. The number of carboxylic acids is 1. The Bertz CT molecular complexity index is 1360. The average Bonchev–Trinajstić information content (AvgIpc) is 3.13. The van der Waals surface area contributed by atoms with E-state index in [4.69, 9.17) is 11.6 Å². The normalized spacial score (nSPS) is 19.7. The second kappa shape index (κ2) is 8.72. The van der Waals surface area contributed by atoms with Gasteiger partial charge in [0.25, 0.3) is 0 Å². The topological polar surface area (TPSA) is 75.4 Å². The molecule has 1 amide bonds. The Labute approximate surface area is 201 Å². The fourth-order valence-electron chi connectivity index (χ4n) is 4.69. The molecule has 1 unspecified atom stereocenters. The van der Waals surface area contributed by atoms with E-state index in [1.54, 1.807) is 24.4 Å². The molecule has 5 rings (SSSR count). The van der Waals surface area contributed by atoms with Gasteiger partial charge in [0.1, 0.15) is 11.5 Å². The van der Waals surface area contributed by atoms with E-state index in [-0.39, 0.29) is 24.6 Å². The molecule has 8 heteroatoms. The van der Waals surface area contributed by atoms with E-state index in [1.807, 2.05) is 23.1 Å². The number of carbonyl (C=O) groups is 2. The zero-order valence-corrected chi connectivity index (χ0v) is 19.1. The molecule has 1 aliphatic heterocycles. The summed E-state index contributed by atoms with van der Waals surface area (Å²) >= 11 is 6.09. The van der Waals surface area contributed by atoms with Gasteiger partial charge in [0.2, 0.25) is 5.91 Å². The number of fused-ring (bicyclic) bond motifs is 3. The Morgan fingerprint density at radius 1 is 1.24 bits per heavy atom. The number of hydrogen-bond acceptors (Lipinski definition) is 3. The standard InChI is InChI=1S/C26H23ClFN3O3/c27-26(25(33)34)9-6-17(7-10-26)14-23(32)30-12-8-20-21-5-2-11-29-24(21)31(22(20)16-30)15-18-3-1-4-19(28)13-18/h1-7,9,11,13H,8,10,12,14-16H2,(H,33,34). The van der Waals surface area contributed by atoms with Crippen molar-refractivity contribution in [1.29, 1.82) is 0 Å². The first-order valence-electron chi connectivity index (χ1n) is 11.1. The van der Waals surface area contributed by atoms with Crippen molar-refractivity contribution in [3.8, 4) is 0 Å². The van der Waals surface area contributed by atoms with Crippen LogP contribution in [0.3, 0.4) is 0 Å². The minimum absolute atomic E-state index is 0.0329. The molecular weight excluding hydrogens is 457 g/mol. The minimum atomic E-state index is -1.45. The fraction of sp³-hybridized carbons (Fsp3) is 0.269. The molecule has 2 aliphatic rings. The van der Waals surface area contributed by atoms with Gasteiger partial charge in [-0.05, 0) is 53.8 Å². The van der Waals surface area contributed by atoms with E-state index in [0.29, 0.717) is 26.1 Å². The molecule has 0 saturated carbocycles. The van der Waals surface area contributed by atoms with Gasteiger partial charge in [0.05, 0.1) is 13.0 Å². The van der Waals surface area contributed by atoms with Crippen molar-refractivity contribution in [1.82, 2.24) is 14.5 Å². The van der Waals surface area contributed by atoms with Crippen LogP contribution in [0.2, 0.25) is 0 Å². The molecule has 0 spiro atoms. The Balaban J connectivity index is 1.39. The van der Waals surface area contributed by atoms with Gasteiger partial charge in [0, 0.05) is 30.4 Å². The molecule has 0 saturated heterocycles. The average molecular weight is 480 g/mol. The highest BCUT2D eigenvalue weighted by Gasteiger charge is 2.34. The zero-order chi connectivity index (χ0) is 23.9. The Kier molecular flexibility index (Phi) is 5.73. The lowest BCUT2D eigenvalue weighted by Gasteiger charge is -2.29. The minimum Gasteiger partial charge on any atom is -0.480 e. The summed E-state index contributed by atoms with van der Waals surface area (Å²) in [6.07, 6.45) is 7.56. The first-order valence-corrected chi connectivity index (χ1v) is 11.5. The maximum atomic E-state index is 13.8. The van der Waals surface area contributed by atoms with E-state index >= 15 is 0 Å². The third-order valence-corrected chi connectivity index (χ3v) is 6.97. The highest BCUT2D eigenvalue weighted by Crippen LogP contribution is 2.32. The molecule has 0 fully saturated rings. The van der Waals surface area contributed by atoms with Gasteiger partial charge >= 0.3 is 5.97 Å². The monoisotopic (exact) mass is 479 g/mol. The number of allylic oxidation sites excluding steroid dienone is 2. The number of halogens is 2. The summed E-state index contributed by atoms with van der Waals surface area (Å²) in [5, 5.41) is 10.3. The summed E-state index contributed by atoms with van der Waals surface area (Å²) in [5.41, 5.74) is 4.60. The second-order valence-corrected chi connectivity index (χ2v) is 9.42. The third-order valence-electron chi connectivity index (χ3n) is 6.53. The molecule has 1 atom stereocenters. The summed E-state index contributed by atoms with van der Waals surface area (Å²) in [4.78, 5) is 29.4. The van der Waals surface area contributed by atoms with Crippen LogP contribution in [0, 0.1) is 5.82 Å². The largest absolute Gasteiger partial charge is 0.480 e. The molecule has 174 valence electrons. The van der Waals surface area contributed by atoms with E-state index in [0.717, 1.165) is 27.9 Å². The lowest BCUT2D eigenvalue weighted by Crippen LogP contribution is -2.37. The van der Waals surface area contributed by atoms with Gasteiger partial charge in [-0.3, -0.25) is 4.79 Å². The molecule has 3 heterocycles. The van der Waals surface area contributed by atoms with Gasteiger partial charge in [-0.1, -0.05) is 30.4 Å². The summed E-state index contributed by atoms with van der Waals surface area (Å²) < 4.78 is 15.9. The van der Waals surface area contributed by atoms with Gasteiger partial charge in [-0.15, -0.1) is 11.6 Å². The number of amides is 1. The molecular formula is C26H23ClFN3O3. The van der Waals surface area contributed by atoms with Crippen molar-refractivity contribution in [2.45, 2.75) is 37.2 Å². The Morgan fingerprint density at radius 3 is 2.82 bits per heavy atom. The molecule has 6 nitrogen and oxygen atoms in total. The van der Waals surface area contributed by atoms with E-state index in [1.165, 1.54) is 23.8 Å². The van der Waals surface area contributed by atoms with Crippen LogP contribution in [0.15, 0.2) is 66.4 Å². The van der Waals surface area contributed by atoms with Crippen molar-refractivity contribution >= 4 is 34.5 Å². The van der Waals surface area contributed by atoms with Gasteiger partial charge in [-0.2, -0.15) is 0 Å². The van der Waals surface area contributed by atoms with E-state index in [9.17, 15) is 19.1 Å². The number of hydrogen-bond donors (Lipinski definition) is 1. The number of carbonyl (C=O) groups excluding carboxylic acids is 1. The van der Waals surface area contributed by atoms with E-state index < -0.39 is 10.8 Å². The lowest BCUT2D eigenvalue weighted by molar-refractivity contribution is -0.138. The highest BCUT2D eigenvalue weighted by atomic mass is 35.5. The second-order valence-electron chi connectivity index (χ2n) is 8.74. The van der Waals surface area contributed by atoms with Crippen LogP contribution in [0.25, 0.3) is 11.0 Å². The first kappa shape index (κ1) is 22.3. The van der Waals surface area contributed by atoms with Crippen LogP contribution >= 0.6 is 11.6 Å². The van der Waals surface area contributed by atoms with Crippen molar-refractivity contribution in [3.63, 3.8) is 0 Å². The number of aromatic nitrogens is 2. The number of pyridine rings is 1. The van der Waals surface area contributed by atoms with Crippen LogP contribution < -0.4 is 0 Å². The van der Waals surface area contributed by atoms with Crippen molar-refractivity contribution in [2.75, 3.05) is 6.54 Å². The van der Waals surface area contributed by atoms with Crippen LogP contribution in [0.4, 0.5) is 4.39 Å². The number of nitrogens with zero attached hydrogens (tertiary/aromatic N) is 3. The smallest absolute Gasteiger partial charge is 0.329 e. The van der Waals surface area contributed by atoms with Gasteiger partial charge < -0.3 is 14.6 Å². The van der Waals surface area contributed by atoms with Crippen molar-refractivity contribution < 1.29 is 19.1 Å². The lowest BCUT2D eigenvalue weighted by atomic mass is 9.94. The van der Waals surface area contributed by atoms with Crippen LogP contribution in [0.1, 0.15) is 29.7 Å². The maximum Gasteiger partial charge on any atom is 0.329 e. The maximum absolute atomic E-state index is 13.8. The van der Waals surface area contributed by atoms with Gasteiger partial charge in [0.15, 0.2) is 4.87 Å². The first-order chi connectivity index (χ1) is 16.3. The number of alkyl halides is 1. The van der Waals surface area contributed by atoms with Crippen LogP contribution in [-0.2, 0) is 29.1 Å². The predicted molar refractivity (Wildman–Crippen MR) is 127 cm³/mol. The number of aliphatic carboxylic acids is 1. The van der Waals surface area contributed by atoms with E-state index in [2.05, 4.69) is 9.55 Å². The molecule has 1 aliphatic carbocycles. The molecule has 3 aromatic rings. The highest BCUT2D eigenvalue weighted by molar-refractivity contribution is 6.35. The fourth-order valence-corrected chi connectivity index (χ4v) is 4.83. The van der Waals surface area contributed by atoms with Gasteiger partial charge in [-0.25, -0.2) is 14.2 Å². The molecule has 34 heavy (non-hydrogen) atoms. The Hall–Kier alpha value is -3.45. The number of carboxylic acid groups (broad SMARTS) is 1. The predicted octanol–water partition coefficient (Wildman–Crippen LogP) is 4.45. The van der Waals surface area contributed by atoms with Crippen LogP contribution in [0.5, 0.6) is 0 Å². The molecule has 0 radical (unpaired) electrons. The SMILES string of the molecule is O=C(CC1=CCC(Cl)(C(=O)O)C=C1)N1CCc2c(n(Cc3cccc(F)c3)c3ncccc23)C1. The van der Waals surface area contributed by atoms with Crippen LogP contribution in [-0.4, -0.2) is 42.9 Å². The summed E-state index contributed by atoms with van der Waals surface area (Å²) in [7, 11) is 0. The number of rotatable bonds is 5. The summed E-state index contributed by atoms with van der Waals surface area (Å²) in [6.45, 7) is 1.49. The van der Waals surface area contributed by atoms with Crippen molar-refractivity contribution in [2.24, 2.45) is 0 Å². The molecule has 0 bridgehead atoms. The Morgan fingerprint density at radius 2 is 2.09 bits per heavy atom. The van der Waals surface area contributed by atoms with Crippen molar-refractivity contribution in [3.05, 3.63) is 89.0 Å². The number of benzene rings is 1. The summed E-state index contributed by atoms with van der Waals surface area (Å²) in [5.74, 6) is -1.42. The molecule has 1 aromatic carbocycles. The zero-order valence-electron chi connectivity index (χ0n) is 18.4. The molecule has 1 N–H and O–H groups in total. The third kappa shape index (κ3) is 4.12. The molecule has 2 aromatic heterocycles.